The third-order valence-corrected chi connectivity index (χ3v) is 8.08. The molecule has 0 bridgehead atoms. The predicted molar refractivity (Wildman–Crippen MR) is 141 cm³/mol. The van der Waals surface area contributed by atoms with E-state index in [0.29, 0.717) is 18.1 Å². The Morgan fingerprint density at radius 1 is 1.21 bits per heavy atom. The molecule has 0 fully saturated rings. The molecule has 3 heterocycles. The monoisotopic (exact) mass is 496 g/mol. The van der Waals surface area contributed by atoms with E-state index < -0.39 is 0 Å². The number of carbonyl (C=O) groups excluding carboxylic acids is 2. The lowest BCUT2D eigenvalue weighted by molar-refractivity contribution is -0.122. The molecule has 3 aromatic rings. The average molecular weight is 497 g/mol. The van der Waals surface area contributed by atoms with E-state index in [-0.39, 0.29) is 29.0 Å². The molecule has 0 radical (unpaired) electrons. The number of carbonyl (C=O) groups is 2. The van der Waals surface area contributed by atoms with Gasteiger partial charge in [-0.05, 0) is 36.9 Å². The Hall–Kier alpha value is -2.58. The highest BCUT2D eigenvalue weighted by Crippen LogP contribution is 2.49. The zero-order valence-electron chi connectivity index (χ0n) is 20.4. The molecular formula is C26H32N4O2S2. The molecule has 8 heteroatoms. The summed E-state index contributed by atoms with van der Waals surface area (Å²) in [5.74, 6) is 0.768. The fraction of sp³-hybridized carbons (Fsp3) is 0.423. The third kappa shape index (κ3) is 4.93. The molecule has 0 spiro atoms. The molecule has 4 rings (SSSR count). The third-order valence-electron chi connectivity index (χ3n) is 5.75. The maximum absolute atomic E-state index is 13.5. The number of aryl methyl sites for hydroxylation is 1. The molecule has 0 aliphatic carbocycles. The molecule has 34 heavy (non-hydrogen) atoms. The molecular weight excluding hydrogens is 464 g/mol. The van der Waals surface area contributed by atoms with Crippen LogP contribution in [0, 0.1) is 6.92 Å². The van der Waals surface area contributed by atoms with Gasteiger partial charge in [0.25, 0.3) is 0 Å². The number of thiophene rings is 1. The number of nitrogens with zero attached hydrogens (tertiary/aromatic N) is 3. The number of hydrogen-bond acceptors (Lipinski definition) is 5. The Balaban J connectivity index is 1.97. The van der Waals surface area contributed by atoms with Gasteiger partial charge in [0.1, 0.15) is 12.4 Å². The van der Waals surface area contributed by atoms with Crippen LogP contribution in [0.25, 0.3) is 5.69 Å². The van der Waals surface area contributed by atoms with Crippen molar-refractivity contribution in [3.8, 4) is 5.69 Å². The smallest absolute Gasteiger partial charge is 0.240 e. The average Bonchev–Trinajstić information content (AvgIpc) is 3.43. The Labute approximate surface area is 209 Å². The fourth-order valence-corrected chi connectivity index (χ4v) is 6.24. The first-order valence-electron chi connectivity index (χ1n) is 11.6. The minimum atomic E-state index is -0.250. The zero-order chi connectivity index (χ0) is 24.5. The van der Waals surface area contributed by atoms with Crippen LogP contribution in [0.1, 0.15) is 61.1 Å². The van der Waals surface area contributed by atoms with Crippen LogP contribution >= 0.6 is 23.1 Å². The minimum Gasteiger partial charge on any atom is -0.355 e. The molecule has 1 aliphatic rings. The number of thioether (sulfide) groups is 1. The van der Waals surface area contributed by atoms with Crippen molar-refractivity contribution in [2.75, 3.05) is 23.7 Å². The van der Waals surface area contributed by atoms with Crippen LogP contribution in [0.5, 0.6) is 0 Å². The Kier molecular flexibility index (Phi) is 7.19. The standard InChI is InChI=1S/C26H32N4O2S2/c1-6-13-27-20(31)15-29-21(32)16-34-23(19-8-7-14-33-19)22-24(26(3,4)5)28-30(25(22)29)18-11-9-17(2)10-12-18/h7-12,14,23H,6,13,15-16H2,1-5H3,(H,27,31)/t23-/m1/s1. The normalized spacial score (nSPS) is 16.3. The molecule has 0 unspecified atom stereocenters. The number of amides is 2. The topological polar surface area (TPSA) is 67.2 Å². The molecule has 0 saturated carbocycles. The Morgan fingerprint density at radius 2 is 1.94 bits per heavy atom. The van der Waals surface area contributed by atoms with Gasteiger partial charge in [-0.3, -0.25) is 14.5 Å². The number of aromatic nitrogens is 2. The second kappa shape index (κ2) is 9.96. The second-order valence-corrected chi connectivity index (χ2v) is 11.7. The molecule has 0 saturated heterocycles. The largest absolute Gasteiger partial charge is 0.355 e. The van der Waals surface area contributed by atoms with Crippen molar-refractivity contribution in [2.45, 2.75) is 51.7 Å². The summed E-state index contributed by atoms with van der Waals surface area (Å²) < 4.78 is 1.87. The van der Waals surface area contributed by atoms with Crippen LogP contribution in [0.3, 0.4) is 0 Å². The van der Waals surface area contributed by atoms with Crippen LogP contribution in [-0.2, 0) is 15.0 Å². The maximum atomic E-state index is 13.5. The molecule has 1 aliphatic heterocycles. The predicted octanol–water partition coefficient (Wildman–Crippen LogP) is 5.24. The molecule has 1 atom stereocenters. The zero-order valence-corrected chi connectivity index (χ0v) is 22.1. The summed E-state index contributed by atoms with van der Waals surface area (Å²) in [5.41, 5.74) is 3.75. The Morgan fingerprint density at radius 3 is 2.56 bits per heavy atom. The number of benzene rings is 1. The van der Waals surface area contributed by atoms with E-state index in [1.807, 2.05) is 48.9 Å². The summed E-state index contributed by atoms with van der Waals surface area (Å²) in [7, 11) is 0. The summed E-state index contributed by atoms with van der Waals surface area (Å²) in [5, 5.41) is 10.1. The van der Waals surface area contributed by atoms with Gasteiger partial charge in [0.2, 0.25) is 11.8 Å². The number of rotatable bonds is 6. The Bertz CT molecular complexity index is 1160. The summed E-state index contributed by atoms with van der Waals surface area (Å²) in [6.45, 7) is 11.1. The van der Waals surface area contributed by atoms with Crippen LogP contribution in [0.15, 0.2) is 41.8 Å². The highest BCUT2D eigenvalue weighted by molar-refractivity contribution is 8.00. The van der Waals surface area contributed by atoms with Crippen molar-refractivity contribution in [2.24, 2.45) is 0 Å². The van der Waals surface area contributed by atoms with E-state index in [9.17, 15) is 9.59 Å². The molecule has 6 nitrogen and oxygen atoms in total. The first-order chi connectivity index (χ1) is 16.2. The summed E-state index contributed by atoms with van der Waals surface area (Å²) in [6.07, 6.45) is 0.844. The van der Waals surface area contributed by atoms with Gasteiger partial charge in [-0.15, -0.1) is 23.1 Å². The van der Waals surface area contributed by atoms with Gasteiger partial charge in [-0.1, -0.05) is 51.5 Å². The highest BCUT2D eigenvalue weighted by atomic mass is 32.2. The molecule has 2 aromatic heterocycles. The number of hydrogen-bond donors (Lipinski definition) is 1. The lowest BCUT2D eigenvalue weighted by Gasteiger charge is -2.24. The first-order valence-corrected chi connectivity index (χ1v) is 13.6. The van der Waals surface area contributed by atoms with Crippen molar-refractivity contribution in [1.82, 2.24) is 15.1 Å². The molecule has 2 amide bonds. The SMILES string of the molecule is CCCNC(=O)CN1C(=O)CS[C@H](c2cccs2)c2c(C(C)(C)C)nn(-c3ccc(C)cc3)c21. The van der Waals surface area contributed by atoms with Crippen LogP contribution in [-0.4, -0.2) is 40.4 Å². The van der Waals surface area contributed by atoms with Crippen molar-refractivity contribution < 1.29 is 9.59 Å². The number of nitrogens with one attached hydrogen (secondary N) is 1. The van der Waals surface area contributed by atoms with Crippen LogP contribution in [0.4, 0.5) is 5.82 Å². The van der Waals surface area contributed by atoms with Gasteiger partial charge >= 0.3 is 0 Å². The molecule has 180 valence electrons. The van der Waals surface area contributed by atoms with Gasteiger partial charge in [0.15, 0.2) is 0 Å². The van der Waals surface area contributed by atoms with Gasteiger partial charge in [-0.2, -0.15) is 5.10 Å². The van der Waals surface area contributed by atoms with Crippen molar-refractivity contribution in [1.29, 1.82) is 0 Å². The number of fused-ring (bicyclic) bond motifs is 1. The van der Waals surface area contributed by atoms with Gasteiger partial charge in [0, 0.05) is 22.4 Å². The van der Waals surface area contributed by atoms with Gasteiger partial charge < -0.3 is 5.32 Å². The summed E-state index contributed by atoms with van der Waals surface area (Å²) in [6, 6.07) is 12.3. The van der Waals surface area contributed by atoms with E-state index in [1.54, 1.807) is 28.0 Å². The van der Waals surface area contributed by atoms with E-state index in [1.165, 1.54) is 4.88 Å². The number of anilines is 1. The van der Waals surface area contributed by atoms with Crippen molar-refractivity contribution in [3.05, 3.63) is 63.5 Å². The quantitative estimate of drug-likeness (QED) is 0.507. The van der Waals surface area contributed by atoms with Crippen LogP contribution < -0.4 is 10.2 Å². The second-order valence-electron chi connectivity index (χ2n) is 9.62. The van der Waals surface area contributed by atoms with Crippen molar-refractivity contribution in [3.63, 3.8) is 0 Å². The van der Waals surface area contributed by atoms with E-state index in [4.69, 9.17) is 5.10 Å². The molecule has 1 aromatic carbocycles. The van der Waals surface area contributed by atoms with Crippen molar-refractivity contribution >= 4 is 40.7 Å². The lowest BCUT2D eigenvalue weighted by Crippen LogP contribution is -2.42. The van der Waals surface area contributed by atoms with E-state index in [2.05, 4.69) is 37.5 Å². The highest BCUT2D eigenvalue weighted by Gasteiger charge is 2.40. The maximum Gasteiger partial charge on any atom is 0.240 e. The summed E-state index contributed by atoms with van der Waals surface area (Å²) >= 11 is 3.31. The van der Waals surface area contributed by atoms with Crippen LogP contribution in [0.2, 0.25) is 0 Å². The summed E-state index contributed by atoms with van der Waals surface area (Å²) in [4.78, 5) is 29.1. The van der Waals surface area contributed by atoms with E-state index >= 15 is 0 Å². The lowest BCUT2D eigenvalue weighted by atomic mass is 9.88. The first kappa shape index (κ1) is 24.5. The molecule has 1 N–H and O–H groups in total. The van der Waals surface area contributed by atoms with Gasteiger partial charge in [0.05, 0.1) is 22.4 Å². The van der Waals surface area contributed by atoms with Gasteiger partial charge in [-0.25, -0.2) is 4.68 Å². The minimum absolute atomic E-state index is 0.0231. The van der Waals surface area contributed by atoms with E-state index in [0.717, 1.165) is 28.9 Å². The fourth-order valence-electron chi connectivity index (χ4n) is 4.07.